The molecule has 0 amide bonds. The Labute approximate surface area is 84.2 Å². The number of ether oxygens (including phenoxy) is 1. The zero-order valence-corrected chi connectivity index (χ0v) is 8.45. The second-order valence-corrected chi connectivity index (χ2v) is 3.20. The van der Waals surface area contributed by atoms with Gasteiger partial charge in [0.25, 0.3) is 6.47 Å². The zero-order valence-electron chi connectivity index (χ0n) is 6.87. The van der Waals surface area contributed by atoms with E-state index in [1.54, 1.807) is 12.1 Å². The van der Waals surface area contributed by atoms with Gasteiger partial charge in [0.05, 0.1) is 18.0 Å². The van der Waals surface area contributed by atoms with E-state index >= 15 is 0 Å². The van der Waals surface area contributed by atoms with Crippen molar-refractivity contribution in [1.82, 2.24) is 4.98 Å². The third kappa shape index (κ3) is 3.02. The fraction of sp³-hybridized carbons (Fsp3) is 0.250. The summed E-state index contributed by atoms with van der Waals surface area (Å²) in [4.78, 5) is 14.0. The normalized spacial score (nSPS) is 9.62. The molecule has 0 saturated heterocycles. The van der Waals surface area contributed by atoms with E-state index in [9.17, 15) is 4.79 Å². The Kier molecular flexibility index (Phi) is 3.70. The minimum atomic E-state index is 0.303. The Morgan fingerprint density at radius 1 is 1.62 bits per heavy atom. The fourth-order valence-corrected chi connectivity index (χ4v) is 1.24. The molecule has 0 spiro atoms. The van der Waals surface area contributed by atoms with Crippen LogP contribution < -0.4 is 5.73 Å². The number of pyridine rings is 1. The first-order valence-electron chi connectivity index (χ1n) is 3.70. The number of aromatic nitrogens is 1. The summed E-state index contributed by atoms with van der Waals surface area (Å²) >= 11 is 3.23. The van der Waals surface area contributed by atoms with Crippen LogP contribution in [0.4, 0.5) is 5.69 Å². The van der Waals surface area contributed by atoms with Crippen LogP contribution in [0.3, 0.4) is 0 Å². The predicted octanol–water partition coefficient (Wildman–Crippen LogP) is 1.14. The van der Waals surface area contributed by atoms with E-state index in [-0.39, 0.29) is 0 Å². The standard InChI is InChI=1S/C8H9BrN2O2/c9-8-2-1-6(10)7(11-8)3-4-13-5-12/h1-2,5H,3-4,10H2. The van der Waals surface area contributed by atoms with E-state index in [1.807, 2.05) is 0 Å². The van der Waals surface area contributed by atoms with Crippen molar-refractivity contribution in [2.45, 2.75) is 6.42 Å². The van der Waals surface area contributed by atoms with Gasteiger partial charge in [-0.15, -0.1) is 0 Å². The number of nitrogens with zero attached hydrogens (tertiary/aromatic N) is 1. The Bertz CT molecular complexity index is 304. The maximum absolute atomic E-state index is 9.86. The van der Waals surface area contributed by atoms with Crippen LogP contribution in [0.5, 0.6) is 0 Å². The van der Waals surface area contributed by atoms with Crippen molar-refractivity contribution >= 4 is 28.1 Å². The van der Waals surface area contributed by atoms with Crippen LogP contribution >= 0.6 is 15.9 Å². The van der Waals surface area contributed by atoms with Crippen molar-refractivity contribution in [2.24, 2.45) is 0 Å². The molecule has 0 aliphatic rings. The molecule has 0 atom stereocenters. The molecule has 0 saturated carbocycles. The summed E-state index contributed by atoms with van der Waals surface area (Å²) < 4.78 is 5.27. The molecule has 0 aromatic carbocycles. The number of hydrogen-bond acceptors (Lipinski definition) is 4. The average Bonchev–Trinajstić information content (AvgIpc) is 2.11. The van der Waals surface area contributed by atoms with Gasteiger partial charge in [-0.25, -0.2) is 4.98 Å². The molecule has 0 unspecified atom stereocenters. The van der Waals surface area contributed by atoms with Gasteiger partial charge in [-0.3, -0.25) is 4.79 Å². The molecule has 0 aliphatic carbocycles. The van der Waals surface area contributed by atoms with Crippen LogP contribution in [0.2, 0.25) is 0 Å². The van der Waals surface area contributed by atoms with E-state index in [0.29, 0.717) is 25.2 Å². The lowest BCUT2D eigenvalue weighted by molar-refractivity contribution is -0.128. The lowest BCUT2D eigenvalue weighted by Crippen LogP contribution is -2.03. The first-order valence-corrected chi connectivity index (χ1v) is 4.49. The van der Waals surface area contributed by atoms with Gasteiger partial charge in [0.1, 0.15) is 4.60 Å². The zero-order chi connectivity index (χ0) is 9.68. The number of halogens is 1. The van der Waals surface area contributed by atoms with Gasteiger partial charge >= 0.3 is 0 Å². The molecule has 1 aromatic heterocycles. The van der Waals surface area contributed by atoms with Crippen LogP contribution in [-0.2, 0) is 16.0 Å². The molecular weight excluding hydrogens is 236 g/mol. The summed E-state index contributed by atoms with van der Waals surface area (Å²) in [5, 5.41) is 0. The van der Waals surface area contributed by atoms with Crippen LogP contribution in [0.25, 0.3) is 0 Å². The largest absolute Gasteiger partial charge is 0.467 e. The van der Waals surface area contributed by atoms with Gasteiger partial charge < -0.3 is 10.5 Å². The monoisotopic (exact) mass is 244 g/mol. The van der Waals surface area contributed by atoms with Gasteiger partial charge in [0.2, 0.25) is 0 Å². The van der Waals surface area contributed by atoms with Crippen molar-refractivity contribution in [3.8, 4) is 0 Å². The van der Waals surface area contributed by atoms with Crippen LogP contribution in [0, 0.1) is 0 Å². The molecule has 13 heavy (non-hydrogen) atoms. The SMILES string of the molecule is Nc1ccc(Br)nc1CCOC=O. The third-order valence-corrected chi connectivity index (χ3v) is 1.94. The van der Waals surface area contributed by atoms with E-state index in [2.05, 4.69) is 25.7 Å². The van der Waals surface area contributed by atoms with Crippen molar-refractivity contribution in [3.05, 3.63) is 22.4 Å². The van der Waals surface area contributed by atoms with E-state index in [4.69, 9.17) is 5.73 Å². The number of rotatable bonds is 4. The maximum Gasteiger partial charge on any atom is 0.293 e. The molecule has 1 rings (SSSR count). The number of nitrogens with two attached hydrogens (primary N) is 1. The van der Waals surface area contributed by atoms with Crippen LogP contribution in [0.15, 0.2) is 16.7 Å². The van der Waals surface area contributed by atoms with Crippen molar-refractivity contribution in [3.63, 3.8) is 0 Å². The Hall–Kier alpha value is -1.10. The summed E-state index contributed by atoms with van der Waals surface area (Å²) in [6, 6.07) is 3.52. The molecular formula is C8H9BrN2O2. The van der Waals surface area contributed by atoms with Crippen molar-refractivity contribution in [2.75, 3.05) is 12.3 Å². The second kappa shape index (κ2) is 4.81. The Balaban J connectivity index is 2.64. The summed E-state index contributed by atoms with van der Waals surface area (Å²) in [5.74, 6) is 0. The van der Waals surface area contributed by atoms with Gasteiger partial charge in [0, 0.05) is 6.42 Å². The number of nitrogen functional groups attached to an aromatic ring is 1. The maximum atomic E-state index is 9.86. The van der Waals surface area contributed by atoms with Gasteiger partial charge in [-0.05, 0) is 28.1 Å². The number of hydrogen-bond donors (Lipinski definition) is 1. The first kappa shape index (κ1) is 9.98. The highest BCUT2D eigenvalue weighted by Crippen LogP contribution is 2.14. The molecule has 2 N–H and O–H groups in total. The molecule has 1 aromatic rings. The van der Waals surface area contributed by atoms with E-state index < -0.39 is 0 Å². The fourth-order valence-electron chi connectivity index (χ4n) is 0.889. The lowest BCUT2D eigenvalue weighted by Gasteiger charge is -2.03. The highest BCUT2D eigenvalue weighted by atomic mass is 79.9. The van der Waals surface area contributed by atoms with Crippen molar-refractivity contribution in [1.29, 1.82) is 0 Å². The smallest absolute Gasteiger partial charge is 0.293 e. The summed E-state index contributed by atoms with van der Waals surface area (Å²) in [7, 11) is 0. The number of carbonyl (C=O) groups is 1. The van der Waals surface area contributed by atoms with E-state index in [1.165, 1.54) is 0 Å². The molecule has 0 fully saturated rings. The molecule has 5 heteroatoms. The minimum Gasteiger partial charge on any atom is -0.467 e. The van der Waals surface area contributed by atoms with Gasteiger partial charge in [0.15, 0.2) is 0 Å². The highest BCUT2D eigenvalue weighted by Gasteiger charge is 2.01. The molecule has 4 nitrogen and oxygen atoms in total. The molecule has 0 bridgehead atoms. The summed E-state index contributed by atoms with van der Waals surface area (Å²) in [5.41, 5.74) is 6.99. The lowest BCUT2D eigenvalue weighted by atomic mass is 10.2. The number of anilines is 1. The topological polar surface area (TPSA) is 65.2 Å². The van der Waals surface area contributed by atoms with Gasteiger partial charge in [-0.2, -0.15) is 0 Å². The molecule has 70 valence electrons. The summed E-state index contributed by atoms with van der Waals surface area (Å²) in [6.07, 6.45) is 0.532. The average molecular weight is 245 g/mol. The Morgan fingerprint density at radius 3 is 3.08 bits per heavy atom. The van der Waals surface area contributed by atoms with Crippen LogP contribution in [0.1, 0.15) is 5.69 Å². The highest BCUT2D eigenvalue weighted by molar-refractivity contribution is 9.10. The van der Waals surface area contributed by atoms with Crippen molar-refractivity contribution < 1.29 is 9.53 Å². The van der Waals surface area contributed by atoms with Crippen LogP contribution in [-0.4, -0.2) is 18.1 Å². The minimum absolute atomic E-state index is 0.303. The number of carbonyl (C=O) groups excluding carboxylic acids is 1. The summed E-state index contributed by atoms with van der Waals surface area (Å²) in [6.45, 7) is 0.714. The predicted molar refractivity (Wildman–Crippen MR) is 52.1 cm³/mol. The quantitative estimate of drug-likeness (QED) is 0.490. The molecule has 0 radical (unpaired) electrons. The van der Waals surface area contributed by atoms with Gasteiger partial charge in [-0.1, -0.05) is 0 Å². The molecule has 0 aliphatic heterocycles. The Morgan fingerprint density at radius 2 is 2.38 bits per heavy atom. The molecule has 1 heterocycles. The third-order valence-electron chi connectivity index (χ3n) is 1.50. The van der Waals surface area contributed by atoms with E-state index in [0.717, 1.165) is 10.3 Å². The first-order chi connectivity index (χ1) is 6.24. The second-order valence-electron chi connectivity index (χ2n) is 2.39.